The van der Waals surface area contributed by atoms with Gasteiger partial charge in [-0.2, -0.15) is 0 Å². The second-order valence-electron chi connectivity index (χ2n) is 18.9. The van der Waals surface area contributed by atoms with E-state index in [4.69, 9.17) is 0 Å². The second-order valence-corrected chi connectivity index (χ2v) is 37.7. The van der Waals surface area contributed by atoms with Crippen LogP contribution >= 0.6 is 0 Å². The summed E-state index contributed by atoms with van der Waals surface area (Å²) in [5.74, 6) is 0. The molecule has 4 aliphatic carbocycles. The fraction of sp³-hybridized carbons (Fsp3) is 0.176. The molecule has 6 heteroatoms. The molecule has 0 radical (unpaired) electrons. The Labute approximate surface area is 485 Å². The molecule has 0 spiro atoms. The molecule has 0 N–H and O–H groups in total. The van der Waals surface area contributed by atoms with E-state index < -0.39 is 0 Å². The molecule has 8 aromatic rings. The summed E-state index contributed by atoms with van der Waals surface area (Å²) in [5, 5.41) is 10.6. The number of hydrogen-bond donors (Lipinski definition) is 0. The summed E-state index contributed by atoms with van der Waals surface area (Å²) in [6.45, 7) is 17.7. The van der Waals surface area contributed by atoms with E-state index in [2.05, 4.69) is 272 Å². The van der Waals surface area contributed by atoms with Gasteiger partial charge < -0.3 is 24.8 Å². The van der Waals surface area contributed by atoms with Crippen molar-refractivity contribution >= 4 is 76.2 Å². The maximum atomic E-state index is 3.36. The van der Waals surface area contributed by atoms with Gasteiger partial charge in [0.2, 0.25) is 0 Å². The number of fused-ring (bicyclic) bond motifs is 4. The molecule has 4 aliphatic rings. The summed E-state index contributed by atoms with van der Waals surface area (Å²) in [7, 11) is 0. The zero-order chi connectivity index (χ0) is 51.0. The molecule has 0 aromatic heterocycles. The molecular weight excluding hydrogens is 1130 g/mol. The number of benzene rings is 8. The second kappa shape index (κ2) is 30.3. The van der Waals surface area contributed by atoms with E-state index in [0.717, 1.165) is 25.7 Å². The Kier molecular flexibility index (Phi) is 24.7. The zero-order valence-electron chi connectivity index (χ0n) is 44.1. The normalized spacial score (nSPS) is 13.8. The van der Waals surface area contributed by atoms with Crippen molar-refractivity contribution in [1.29, 1.82) is 0 Å². The molecular formula is C68H64Cl2Si2Zr2-2. The van der Waals surface area contributed by atoms with Crippen LogP contribution in [0.4, 0.5) is 0 Å². The van der Waals surface area contributed by atoms with Gasteiger partial charge in [-0.25, -0.2) is 46.6 Å². The van der Waals surface area contributed by atoms with Crippen molar-refractivity contribution in [1.82, 2.24) is 0 Å². The van der Waals surface area contributed by atoms with Crippen LogP contribution in [0.3, 0.4) is 0 Å². The topological polar surface area (TPSA) is 0 Å². The van der Waals surface area contributed by atoms with E-state index in [-0.39, 0.29) is 35.7 Å². The Hall–Kier alpha value is -4.50. The molecule has 0 unspecified atom stereocenters. The summed E-state index contributed by atoms with van der Waals surface area (Å²) in [6.07, 6.45) is 26.2. The number of rotatable bonds is 4. The van der Waals surface area contributed by atoms with Crippen LogP contribution in [0.1, 0.15) is 75.6 Å². The van der Waals surface area contributed by atoms with Crippen molar-refractivity contribution in [3.8, 4) is 0 Å². The minimum atomic E-state index is 0. The van der Waals surface area contributed by atoms with Crippen LogP contribution in [-0.2, 0) is 46.7 Å². The van der Waals surface area contributed by atoms with Gasteiger partial charge in [0, 0.05) is 0 Å². The van der Waals surface area contributed by atoms with Gasteiger partial charge in [0.15, 0.2) is 0 Å². The first-order chi connectivity index (χ1) is 34.8. The molecule has 0 saturated carbocycles. The Morgan fingerprint density at radius 2 is 0.473 bits per heavy atom. The predicted octanol–water partition coefficient (Wildman–Crippen LogP) is 13.1. The molecule has 0 nitrogen and oxygen atoms in total. The minimum absolute atomic E-state index is 0. The van der Waals surface area contributed by atoms with Gasteiger partial charge in [-0.3, -0.25) is 24.3 Å². The molecule has 0 fully saturated rings. The average molecular weight is 1190 g/mol. The first-order valence-electron chi connectivity index (χ1n) is 24.9. The van der Waals surface area contributed by atoms with Crippen LogP contribution in [0, 0.1) is 24.3 Å². The van der Waals surface area contributed by atoms with Crippen LogP contribution in [0.5, 0.6) is 0 Å². The summed E-state index contributed by atoms with van der Waals surface area (Å²) in [6, 6.07) is 60.2. The van der Waals surface area contributed by atoms with Crippen LogP contribution in [0.2, 0.25) is 26.2 Å². The Morgan fingerprint density at radius 3 is 0.649 bits per heavy atom. The Balaban J connectivity index is 0.000000173. The van der Waals surface area contributed by atoms with Crippen molar-refractivity contribution < 1.29 is 71.5 Å². The molecule has 8 aromatic carbocycles. The van der Waals surface area contributed by atoms with Crippen molar-refractivity contribution in [3.63, 3.8) is 0 Å². The van der Waals surface area contributed by atoms with E-state index in [1.54, 1.807) is 46.7 Å². The van der Waals surface area contributed by atoms with Crippen LogP contribution < -0.4 is 24.8 Å². The molecule has 0 amide bonds. The minimum Gasteiger partial charge on any atom is -1.00 e. The molecule has 12 rings (SSSR count). The summed E-state index contributed by atoms with van der Waals surface area (Å²) < 4.78 is 0. The first kappa shape index (κ1) is 60.4. The van der Waals surface area contributed by atoms with Gasteiger partial charge in [0.1, 0.15) is 0 Å². The van der Waals surface area contributed by atoms with E-state index in [1.807, 2.05) is 0 Å². The van der Waals surface area contributed by atoms with Crippen LogP contribution in [-0.4, -0.2) is 10.9 Å². The number of allylic oxidation sites excluding steroid dienone is 16. The SMILES string of the molecule is CC1=[C-]CC(c2cccc3ccccc23)=C1.CC1=[C-]CC(c2cccc3ccccc23)=C1.CC1=[C-]CC(c2cccc3ccccc23)=C1.CC1=[C-]CC(c2cccc3ccccc23)=C1.C[Si](C)=[Zr+2].C[Si](C)=[Zr+2].[Cl-].[Cl-]. The third-order valence-corrected chi connectivity index (χ3v) is 12.3. The molecule has 0 heterocycles. The molecule has 74 heavy (non-hydrogen) atoms. The maximum absolute atomic E-state index is 3.36. The van der Waals surface area contributed by atoms with Crippen molar-refractivity contribution in [2.45, 2.75) is 79.6 Å². The van der Waals surface area contributed by atoms with Crippen molar-refractivity contribution in [2.24, 2.45) is 0 Å². The van der Waals surface area contributed by atoms with Gasteiger partial charge in [0.05, 0.1) is 0 Å². The van der Waals surface area contributed by atoms with E-state index in [9.17, 15) is 0 Å². The summed E-state index contributed by atoms with van der Waals surface area (Å²) >= 11 is 3.48. The van der Waals surface area contributed by atoms with Crippen molar-refractivity contribution in [2.75, 3.05) is 0 Å². The third-order valence-electron chi connectivity index (χ3n) is 12.3. The van der Waals surface area contributed by atoms with E-state index in [0.29, 0.717) is 0 Å². The molecule has 0 bridgehead atoms. The predicted molar refractivity (Wildman–Crippen MR) is 311 cm³/mol. The fourth-order valence-electron chi connectivity index (χ4n) is 9.11. The molecule has 0 saturated heterocycles. The Bertz CT molecular complexity index is 3060. The monoisotopic (exact) mass is 1190 g/mol. The van der Waals surface area contributed by atoms with Gasteiger partial charge >= 0.3 is 83.7 Å². The van der Waals surface area contributed by atoms with E-state index >= 15 is 0 Å². The van der Waals surface area contributed by atoms with Crippen LogP contribution in [0.15, 0.2) is 216 Å². The first-order valence-corrected chi connectivity index (χ1v) is 37.3. The fourth-order valence-corrected chi connectivity index (χ4v) is 9.11. The third kappa shape index (κ3) is 17.3. The van der Waals surface area contributed by atoms with Crippen molar-refractivity contribution in [3.05, 3.63) is 263 Å². The summed E-state index contributed by atoms with van der Waals surface area (Å²) in [5.41, 5.74) is 16.4. The van der Waals surface area contributed by atoms with E-state index in [1.165, 1.54) is 110 Å². The van der Waals surface area contributed by atoms with Gasteiger partial charge in [-0.1, -0.05) is 198 Å². The largest absolute Gasteiger partial charge is 1.00 e. The summed E-state index contributed by atoms with van der Waals surface area (Å²) in [4.78, 5) is 0. The number of hydrogen-bond acceptors (Lipinski definition) is 0. The molecule has 0 aliphatic heterocycles. The zero-order valence-corrected chi connectivity index (χ0v) is 52.5. The standard InChI is InChI=1S/4C16H13.2C2H6Si.2ClH.2Zr/c4*1-12-9-10-14(11-12)16-8-4-6-13-5-2-3-7-15(13)16;2*1-3-2;;;;/h4*2-8,11H,10H2,1H3;2*1-2H3;2*1H;;/q4*-1;;;;;2*+2/p-2. The maximum Gasteiger partial charge on any atom is -1.00 e. The van der Waals surface area contributed by atoms with Crippen LogP contribution in [0.25, 0.3) is 65.4 Å². The molecule has 368 valence electrons. The van der Waals surface area contributed by atoms with Gasteiger partial charge in [-0.15, -0.1) is 48.0 Å². The van der Waals surface area contributed by atoms with Gasteiger partial charge in [-0.05, 0) is 65.3 Å². The number of halogens is 2. The molecule has 0 atom stereocenters. The quantitative estimate of drug-likeness (QED) is 0.122. The smallest absolute Gasteiger partial charge is 1.00 e. The average Bonchev–Trinajstić information content (AvgIpc) is 4.23. The van der Waals surface area contributed by atoms with Gasteiger partial charge in [0.25, 0.3) is 0 Å². The Morgan fingerprint density at radius 1 is 0.297 bits per heavy atom.